The molecule has 2 aromatic rings. The van der Waals surface area contributed by atoms with Crippen molar-refractivity contribution in [3.63, 3.8) is 0 Å². The van der Waals surface area contributed by atoms with Gasteiger partial charge in [0, 0.05) is 24.7 Å². The fourth-order valence-electron chi connectivity index (χ4n) is 8.77. The summed E-state index contributed by atoms with van der Waals surface area (Å²) in [5, 5.41) is 50.0. The lowest BCUT2D eigenvalue weighted by molar-refractivity contribution is -0.320. The van der Waals surface area contributed by atoms with E-state index in [-0.39, 0.29) is 16.7 Å². The van der Waals surface area contributed by atoms with Crippen molar-refractivity contribution in [2.45, 2.75) is 94.0 Å². The van der Waals surface area contributed by atoms with Crippen molar-refractivity contribution in [1.29, 1.82) is 0 Å². The average molecular weight is 677 g/mol. The zero-order chi connectivity index (χ0) is 35.9. The first-order valence-electron chi connectivity index (χ1n) is 16.4. The first kappa shape index (κ1) is 35.1. The number of ketones is 1. The number of aliphatic hydroxyl groups is 4. The molecule has 11 nitrogen and oxygen atoms in total. The van der Waals surface area contributed by atoms with Crippen LogP contribution in [0.2, 0.25) is 0 Å². The van der Waals surface area contributed by atoms with Crippen LogP contribution in [0.25, 0.3) is 0 Å². The summed E-state index contributed by atoms with van der Waals surface area (Å²) in [6.07, 6.45) is -5.11. The van der Waals surface area contributed by atoms with Gasteiger partial charge in [-0.3, -0.25) is 9.59 Å². The van der Waals surface area contributed by atoms with Gasteiger partial charge in [-0.2, -0.15) is 0 Å². The number of esters is 2. The van der Waals surface area contributed by atoms with Gasteiger partial charge in [-0.15, -0.1) is 0 Å². The Morgan fingerprint density at radius 3 is 2.16 bits per heavy atom. The van der Waals surface area contributed by atoms with Crippen LogP contribution in [0.5, 0.6) is 0 Å². The van der Waals surface area contributed by atoms with Crippen LogP contribution in [0, 0.1) is 17.8 Å². The van der Waals surface area contributed by atoms with Crippen molar-refractivity contribution >= 4 is 17.7 Å². The van der Waals surface area contributed by atoms with Crippen LogP contribution in [0.4, 0.5) is 0 Å². The van der Waals surface area contributed by atoms with Crippen LogP contribution in [-0.2, 0) is 34.1 Å². The third kappa shape index (κ3) is 4.89. The molecule has 4 aliphatic rings. The number of carbonyl (C=O) groups excluding carboxylic acids is 3. The summed E-state index contributed by atoms with van der Waals surface area (Å²) in [6, 6.07) is 17.3. The lowest BCUT2D eigenvalue weighted by Gasteiger charge is -2.62. The van der Waals surface area contributed by atoms with Crippen LogP contribution in [0.15, 0.2) is 84.5 Å². The number of rotatable bonds is 8. The second kappa shape index (κ2) is 11.7. The van der Waals surface area contributed by atoms with Crippen molar-refractivity contribution in [1.82, 2.24) is 0 Å². The maximum absolute atomic E-state index is 14.1. The van der Waals surface area contributed by atoms with Crippen molar-refractivity contribution in [2.75, 3.05) is 6.61 Å². The molecule has 0 bridgehead atoms. The SMILES string of the molecule is C=C(C)[C@@]1(O)[C@H](O)[C@@H]2[C@@H]3O[C@]3(COC(C)=O)[C@@H](O)[C@]3(O)C(=O)C(C)=C[C@H]3[C@@]2(OC(C)(C)c2ccccc2)[C@H](C)[C@H]1OC(=O)c1ccccc1. The van der Waals surface area contributed by atoms with Crippen LogP contribution in [0.1, 0.15) is 57.5 Å². The number of fused-ring (bicyclic) bond motifs is 5. The average Bonchev–Trinajstić information content (AvgIpc) is 3.75. The summed E-state index contributed by atoms with van der Waals surface area (Å²) in [5.41, 5.74) is -8.84. The Kier molecular flexibility index (Phi) is 8.37. The first-order valence-corrected chi connectivity index (χ1v) is 16.4. The quantitative estimate of drug-likeness (QED) is 0.184. The highest BCUT2D eigenvalue weighted by Gasteiger charge is 2.85. The smallest absolute Gasteiger partial charge is 0.338 e. The van der Waals surface area contributed by atoms with Crippen LogP contribution in [-0.4, -0.2) is 91.6 Å². The zero-order valence-electron chi connectivity index (χ0n) is 28.5. The Balaban J connectivity index is 1.64. The van der Waals surface area contributed by atoms with Gasteiger partial charge in [-0.25, -0.2) is 4.79 Å². The van der Waals surface area contributed by atoms with Crippen LogP contribution in [0.3, 0.4) is 0 Å². The number of epoxide rings is 1. The Morgan fingerprint density at radius 2 is 1.59 bits per heavy atom. The van der Waals surface area contributed by atoms with Gasteiger partial charge in [0.05, 0.1) is 22.9 Å². The van der Waals surface area contributed by atoms with Gasteiger partial charge in [0.1, 0.15) is 30.5 Å². The summed E-state index contributed by atoms with van der Waals surface area (Å²) in [7, 11) is 0. The monoisotopic (exact) mass is 676 g/mol. The highest BCUT2D eigenvalue weighted by atomic mass is 16.7. The molecular formula is C38H44O11. The third-order valence-corrected chi connectivity index (χ3v) is 11.3. The fourth-order valence-corrected chi connectivity index (χ4v) is 8.77. The second-order valence-corrected chi connectivity index (χ2v) is 14.5. The van der Waals surface area contributed by atoms with E-state index < -0.39 is 94.5 Å². The maximum Gasteiger partial charge on any atom is 0.338 e. The van der Waals surface area contributed by atoms with Gasteiger partial charge in [0.25, 0.3) is 0 Å². The minimum absolute atomic E-state index is 0.0640. The van der Waals surface area contributed by atoms with Crippen molar-refractivity contribution < 1.29 is 53.8 Å². The summed E-state index contributed by atoms with van der Waals surface area (Å²) in [6.45, 7) is 12.8. The predicted molar refractivity (Wildman–Crippen MR) is 175 cm³/mol. The third-order valence-electron chi connectivity index (χ3n) is 11.3. The van der Waals surface area contributed by atoms with Gasteiger partial charge in [-0.1, -0.05) is 68.1 Å². The summed E-state index contributed by atoms with van der Waals surface area (Å²) in [4.78, 5) is 39.9. The molecular weight excluding hydrogens is 632 g/mol. The molecule has 6 rings (SSSR count). The first-order chi connectivity index (χ1) is 22.9. The lowest BCUT2D eigenvalue weighted by Crippen LogP contribution is -2.77. The molecule has 3 aliphatic carbocycles. The standard InChI is InChI=1S/C38H44O11/c1-20(2)36(44)29(41)27-31-35(48-31,19-46-23(5)39)33(43)37(45)26(18-21(3)28(37)40)38(27,49-34(6,7)25-16-12-9-13-17-25)22(4)30(36)47-32(42)24-14-10-8-11-15-24/h8-18,22,26-27,29-31,33,41,43-45H,1,19H2,2-7H3/t22-,26-,27-,29-,30-,31+,33-,35+,36-,37-,38+/m1/s1. The Morgan fingerprint density at radius 1 is 1.00 bits per heavy atom. The number of Topliss-reactive ketones (excluding diaryl/α,β-unsaturated/α-hetero) is 1. The highest BCUT2D eigenvalue weighted by molar-refractivity contribution is 6.05. The largest absolute Gasteiger partial charge is 0.463 e. The number of ether oxygens (including phenoxy) is 4. The van der Waals surface area contributed by atoms with Gasteiger partial charge >= 0.3 is 11.9 Å². The summed E-state index contributed by atoms with van der Waals surface area (Å²) in [5.74, 6) is -6.12. The van der Waals surface area contributed by atoms with Crippen molar-refractivity contribution in [3.05, 3.63) is 95.6 Å². The van der Waals surface area contributed by atoms with E-state index >= 15 is 0 Å². The molecule has 1 aliphatic heterocycles. The minimum atomic E-state index is -2.61. The lowest BCUT2D eigenvalue weighted by atomic mass is 9.52. The van der Waals surface area contributed by atoms with Gasteiger partial charge in [-0.05, 0) is 56.5 Å². The molecule has 11 atom stereocenters. The van der Waals surface area contributed by atoms with Gasteiger partial charge in [0.15, 0.2) is 17.0 Å². The van der Waals surface area contributed by atoms with Gasteiger partial charge < -0.3 is 39.4 Å². The fraction of sp³-hybridized carbons (Fsp3) is 0.500. The number of hydrogen-bond acceptors (Lipinski definition) is 11. The van der Waals surface area contributed by atoms with E-state index in [2.05, 4.69) is 6.58 Å². The molecule has 11 heteroatoms. The molecule has 0 spiro atoms. The predicted octanol–water partition coefficient (Wildman–Crippen LogP) is 2.79. The van der Waals surface area contributed by atoms with E-state index in [4.69, 9.17) is 18.9 Å². The molecule has 262 valence electrons. The molecule has 2 saturated carbocycles. The number of carbonyl (C=O) groups is 3. The van der Waals surface area contributed by atoms with Crippen molar-refractivity contribution in [2.24, 2.45) is 17.8 Å². The van der Waals surface area contributed by atoms with Gasteiger partial charge in [0.2, 0.25) is 0 Å². The molecule has 0 radical (unpaired) electrons. The highest BCUT2D eigenvalue weighted by Crippen LogP contribution is 2.67. The molecule has 0 aromatic heterocycles. The van der Waals surface area contributed by atoms with Crippen molar-refractivity contribution in [3.8, 4) is 0 Å². The molecule has 0 amide bonds. The van der Waals surface area contributed by atoms with E-state index in [9.17, 15) is 34.8 Å². The van der Waals surface area contributed by atoms with E-state index in [1.165, 1.54) is 26.8 Å². The molecule has 3 fully saturated rings. The molecule has 1 saturated heterocycles. The number of aliphatic hydroxyl groups excluding tert-OH is 2. The molecule has 2 aromatic carbocycles. The Hall–Kier alpha value is -3.71. The second-order valence-electron chi connectivity index (χ2n) is 14.5. The number of hydrogen-bond donors (Lipinski definition) is 4. The van der Waals surface area contributed by atoms with E-state index in [1.54, 1.807) is 51.1 Å². The molecule has 4 N–H and O–H groups in total. The Bertz CT molecular complexity index is 1700. The normalized spacial score (nSPS) is 39.4. The molecule has 0 unspecified atom stereocenters. The van der Waals surface area contributed by atoms with E-state index in [1.807, 2.05) is 30.3 Å². The Labute approximate surface area is 285 Å². The summed E-state index contributed by atoms with van der Waals surface area (Å²) >= 11 is 0. The zero-order valence-corrected chi connectivity index (χ0v) is 28.5. The summed E-state index contributed by atoms with van der Waals surface area (Å²) < 4.78 is 24.9. The van der Waals surface area contributed by atoms with Crippen LogP contribution < -0.4 is 0 Å². The minimum Gasteiger partial charge on any atom is -0.463 e. The number of benzene rings is 2. The molecule has 49 heavy (non-hydrogen) atoms. The topological polar surface area (TPSA) is 172 Å². The van der Waals surface area contributed by atoms with Crippen LogP contribution >= 0.6 is 0 Å². The van der Waals surface area contributed by atoms with E-state index in [0.29, 0.717) is 5.56 Å². The maximum atomic E-state index is 14.1. The molecule has 1 heterocycles. The van der Waals surface area contributed by atoms with E-state index in [0.717, 1.165) is 0 Å².